The van der Waals surface area contributed by atoms with Gasteiger partial charge in [0, 0.05) is 13.1 Å². The van der Waals surface area contributed by atoms with E-state index >= 15 is 0 Å². The summed E-state index contributed by atoms with van der Waals surface area (Å²) in [6.45, 7) is 7.47. The number of ether oxygens (including phenoxy) is 2. The van der Waals surface area contributed by atoms with E-state index in [1.165, 1.54) is 16.4 Å². The number of sulfonamides is 1. The molecule has 174 valence electrons. The number of amides is 1. The first-order valence-electron chi connectivity index (χ1n) is 11.1. The van der Waals surface area contributed by atoms with E-state index in [9.17, 15) is 13.2 Å². The second-order valence-corrected chi connectivity index (χ2v) is 9.91. The molecule has 8 heteroatoms. The third kappa shape index (κ3) is 6.01. The highest BCUT2D eigenvalue weighted by Gasteiger charge is 2.27. The van der Waals surface area contributed by atoms with E-state index in [0.29, 0.717) is 31.1 Å². The Morgan fingerprint density at radius 3 is 2.41 bits per heavy atom. The molecule has 0 atom stereocenters. The molecule has 0 spiro atoms. The maximum atomic E-state index is 13.0. The van der Waals surface area contributed by atoms with Crippen LogP contribution in [0.25, 0.3) is 0 Å². The van der Waals surface area contributed by atoms with Gasteiger partial charge in [0.2, 0.25) is 15.9 Å². The fourth-order valence-corrected chi connectivity index (χ4v) is 5.27. The monoisotopic (exact) mass is 460 g/mol. The molecule has 1 saturated heterocycles. The van der Waals surface area contributed by atoms with Gasteiger partial charge in [-0.1, -0.05) is 24.1 Å². The van der Waals surface area contributed by atoms with Crippen molar-refractivity contribution in [3.8, 4) is 11.5 Å². The number of aryl methyl sites for hydroxylation is 2. The van der Waals surface area contributed by atoms with Gasteiger partial charge in [-0.15, -0.1) is 0 Å². The van der Waals surface area contributed by atoms with Gasteiger partial charge in [-0.25, -0.2) is 8.42 Å². The molecule has 0 radical (unpaired) electrons. The largest absolute Gasteiger partial charge is 0.493 e. The number of carbonyl (C=O) groups is 1. The summed E-state index contributed by atoms with van der Waals surface area (Å²) in [6.07, 6.45) is 2.89. The van der Waals surface area contributed by atoms with E-state index in [0.717, 1.165) is 36.1 Å². The van der Waals surface area contributed by atoms with Crippen molar-refractivity contribution < 1.29 is 22.7 Å². The van der Waals surface area contributed by atoms with Gasteiger partial charge >= 0.3 is 0 Å². The maximum Gasteiger partial charge on any atom is 0.243 e. The number of nitrogens with one attached hydrogen (secondary N) is 1. The topological polar surface area (TPSA) is 84.9 Å². The Morgan fingerprint density at radius 2 is 1.72 bits per heavy atom. The molecule has 1 fully saturated rings. The van der Waals surface area contributed by atoms with E-state index in [1.807, 2.05) is 39.0 Å². The molecule has 0 saturated carbocycles. The van der Waals surface area contributed by atoms with Crippen molar-refractivity contribution in [3.63, 3.8) is 0 Å². The van der Waals surface area contributed by atoms with Crippen molar-refractivity contribution in [2.45, 2.75) is 51.3 Å². The summed E-state index contributed by atoms with van der Waals surface area (Å²) in [4.78, 5) is 12.7. The zero-order valence-corrected chi connectivity index (χ0v) is 19.8. The lowest BCUT2D eigenvalue weighted by Gasteiger charge is -2.26. The van der Waals surface area contributed by atoms with Gasteiger partial charge in [-0.05, 0) is 63.4 Å². The quantitative estimate of drug-likeness (QED) is 0.604. The normalized spacial score (nSPS) is 14.7. The van der Waals surface area contributed by atoms with Crippen molar-refractivity contribution in [1.82, 2.24) is 4.31 Å². The molecule has 2 aromatic carbocycles. The Bertz CT molecular complexity index is 1050. The smallest absolute Gasteiger partial charge is 0.243 e. The maximum absolute atomic E-state index is 13.0. The number of piperidine rings is 1. The van der Waals surface area contributed by atoms with Gasteiger partial charge in [0.25, 0.3) is 0 Å². The van der Waals surface area contributed by atoms with Crippen molar-refractivity contribution >= 4 is 21.6 Å². The third-order valence-corrected chi connectivity index (χ3v) is 7.29. The lowest BCUT2D eigenvalue weighted by molar-refractivity contribution is -0.116. The molecule has 1 aliphatic heterocycles. The second-order valence-electron chi connectivity index (χ2n) is 7.97. The first-order chi connectivity index (χ1) is 15.3. The number of hydrogen-bond donors (Lipinski definition) is 1. The number of benzene rings is 2. The van der Waals surface area contributed by atoms with E-state index in [4.69, 9.17) is 9.47 Å². The molecule has 1 aliphatic rings. The van der Waals surface area contributed by atoms with Crippen molar-refractivity contribution in [1.29, 1.82) is 0 Å². The zero-order chi connectivity index (χ0) is 23.1. The SMILES string of the molecule is CCOc1ccc(S(=O)(=O)N2CCCCC2)cc1NC(=O)CCOc1ccc(C)cc1C. The van der Waals surface area contributed by atoms with Gasteiger partial charge in [0.05, 0.1) is 30.2 Å². The number of nitrogens with zero attached hydrogens (tertiary/aromatic N) is 1. The van der Waals surface area contributed by atoms with E-state index in [1.54, 1.807) is 6.07 Å². The van der Waals surface area contributed by atoms with Gasteiger partial charge in [-0.3, -0.25) is 4.79 Å². The van der Waals surface area contributed by atoms with Crippen molar-refractivity contribution in [2.24, 2.45) is 0 Å². The third-order valence-electron chi connectivity index (χ3n) is 5.39. The summed E-state index contributed by atoms with van der Waals surface area (Å²) in [5.74, 6) is 0.907. The Balaban J connectivity index is 1.69. The van der Waals surface area contributed by atoms with Crippen LogP contribution in [0, 0.1) is 13.8 Å². The first-order valence-corrected chi connectivity index (χ1v) is 12.5. The number of rotatable bonds is 9. The van der Waals surface area contributed by atoms with Gasteiger partial charge < -0.3 is 14.8 Å². The number of carbonyl (C=O) groups excluding carboxylic acids is 1. The minimum Gasteiger partial charge on any atom is -0.493 e. The Hall–Kier alpha value is -2.58. The molecular formula is C24H32N2O5S. The van der Waals surface area contributed by atoms with Crippen LogP contribution in [0.15, 0.2) is 41.3 Å². The van der Waals surface area contributed by atoms with Crippen molar-refractivity contribution in [2.75, 3.05) is 31.6 Å². The molecule has 1 N–H and O–H groups in total. The molecule has 1 heterocycles. The van der Waals surface area contributed by atoms with Crippen LogP contribution in [0.2, 0.25) is 0 Å². The van der Waals surface area contributed by atoms with Crippen LogP contribution < -0.4 is 14.8 Å². The summed E-state index contributed by atoms with van der Waals surface area (Å²) in [6, 6.07) is 10.5. The minimum absolute atomic E-state index is 0.127. The van der Waals surface area contributed by atoms with Crippen LogP contribution in [-0.2, 0) is 14.8 Å². The minimum atomic E-state index is -3.61. The molecule has 3 rings (SSSR count). The molecule has 0 aliphatic carbocycles. The summed E-state index contributed by atoms with van der Waals surface area (Å²) in [7, 11) is -3.61. The zero-order valence-electron chi connectivity index (χ0n) is 19.0. The Morgan fingerprint density at radius 1 is 1.00 bits per heavy atom. The fraction of sp³-hybridized carbons (Fsp3) is 0.458. The summed E-state index contributed by atoms with van der Waals surface area (Å²) < 4.78 is 38.9. The van der Waals surface area contributed by atoms with Gasteiger partial charge in [0.1, 0.15) is 11.5 Å². The second kappa shape index (κ2) is 10.8. The van der Waals surface area contributed by atoms with E-state index in [-0.39, 0.29) is 23.8 Å². The molecule has 1 amide bonds. The standard InChI is InChI=1S/C24H32N2O5S/c1-4-30-23-11-9-20(32(28,29)26-13-6-5-7-14-26)17-21(23)25-24(27)12-15-31-22-10-8-18(2)16-19(22)3/h8-11,16-17H,4-7,12-15H2,1-3H3,(H,25,27). The van der Waals surface area contributed by atoms with Crippen LogP contribution >= 0.6 is 0 Å². The molecule has 0 aromatic heterocycles. The summed E-state index contributed by atoms with van der Waals surface area (Å²) in [5, 5.41) is 2.79. The first kappa shape index (κ1) is 24.1. The Labute approximate surface area is 190 Å². The van der Waals surface area contributed by atoms with Crippen LogP contribution in [0.3, 0.4) is 0 Å². The Kier molecular flexibility index (Phi) is 8.15. The predicted molar refractivity (Wildman–Crippen MR) is 125 cm³/mol. The molecule has 0 unspecified atom stereocenters. The summed E-state index contributed by atoms with van der Waals surface area (Å²) >= 11 is 0. The van der Waals surface area contributed by atoms with E-state index < -0.39 is 10.0 Å². The highest BCUT2D eigenvalue weighted by Crippen LogP contribution is 2.30. The molecule has 7 nitrogen and oxygen atoms in total. The van der Waals surface area contributed by atoms with Gasteiger partial charge in [0.15, 0.2) is 0 Å². The summed E-state index contributed by atoms with van der Waals surface area (Å²) in [5.41, 5.74) is 2.51. The van der Waals surface area contributed by atoms with Crippen LogP contribution in [0.1, 0.15) is 43.7 Å². The highest BCUT2D eigenvalue weighted by molar-refractivity contribution is 7.89. The average Bonchev–Trinajstić information content (AvgIpc) is 2.77. The number of anilines is 1. The molecule has 2 aromatic rings. The van der Waals surface area contributed by atoms with E-state index in [2.05, 4.69) is 5.32 Å². The number of hydrogen-bond acceptors (Lipinski definition) is 5. The van der Waals surface area contributed by atoms with Crippen molar-refractivity contribution in [3.05, 3.63) is 47.5 Å². The average molecular weight is 461 g/mol. The van der Waals surface area contributed by atoms with Crippen LogP contribution in [0.5, 0.6) is 11.5 Å². The fourth-order valence-electron chi connectivity index (χ4n) is 3.73. The van der Waals surface area contributed by atoms with Gasteiger partial charge in [-0.2, -0.15) is 4.31 Å². The molecule has 32 heavy (non-hydrogen) atoms. The highest BCUT2D eigenvalue weighted by atomic mass is 32.2. The lowest BCUT2D eigenvalue weighted by Crippen LogP contribution is -2.35. The van der Waals surface area contributed by atoms with Crippen LogP contribution in [0.4, 0.5) is 5.69 Å². The molecule has 0 bridgehead atoms. The molecular weight excluding hydrogens is 428 g/mol. The lowest BCUT2D eigenvalue weighted by atomic mass is 10.1. The predicted octanol–water partition coefficient (Wildman–Crippen LogP) is 4.28. The van der Waals surface area contributed by atoms with Crippen LogP contribution in [-0.4, -0.2) is 44.9 Å².